The zero-order chi connectivity index (χ0) is 7.72. The number of phenolic OH excluding ortho intramolecular Hbond substituents is 1. The van der Waals surface area contributed by atoms with Crippen LogP contribution in [0.2, 0.25) is 0 Å². The number of phenols is 1. The van der Waals surface area contributed by atoms with Gasteiger partial charge in [-0.15, -0.1) is 0 Å². The minimum atomic E-state index is -0.442. The molecule has 1 aromatic rings. The second-order valence-corrected chi connectivity index (χ2v) is 2.82. The van der Waals surface area contributed by atoms with Crippen LogP contribution in [0.3, 0.4) is 0 Å². The molecule has 1 rings (SSSR count). The van der Waals surface area contributed by atoms with Crippen molar-refractivity contribution >= 4 is 15.9 Å². The lowest BCUT2D eigenvalue weighted by molar-refractivity contribution is 0.460. The predicted molar refractivity (Wildman–Crippen MR) is 40.5 cm³/mol. The maximum Gasteiger partial charge on any atom is 0.141 e. The molecule has 0 saturated heterocycles. The highest BCUT2D eigenvalue weighted by molar-refractivity contribution is 9.10. The number of rotatable bonds is 0. The Morgan fingerprint density at radius 1 is 1.50 bits per heavy atom. The van der Waals surface area contributed by atoms with Gasteiger partial charge in [0.25, 0.3) is 0 Å². The molecule has 0 aliphatic carbocycles. The van der Waals surface area contributed by atoms with Crippen molar-refractivity contribution in [3.63, 3.8) is 0 Å². The third kappa shape index (κ3) is 1.14. The lowest BCUT2D eigenvalue weighted by Gasteiger charge is -2.00. The van der Waals surface area contributed by atoms with Gasteiger partial charge < -0.3 is 5.11 Å². The normalized spacial score (nSPS) is 9.90. The molecule has 0 aliphatic heterocycles. The number of aryl methyl sites for hydroxylation is 1. The molecule has 0 saturated carbocycles. The minimum Gasteiger partial charge on any atom is -0.506 e. The van der Waals surface area contributed by atoms with Crippen molar-refractivity contribution in [1.82, 2.24) is 0 Å². The Morgan fingerprint density at radius 3 is 2.60 bits per heavy atom. The van der Waals surface area contributed by atoms with Gasteiger partial charge >= 0.3 is 0 Å². The number of benzene rings is 1. The summed E-state index contributed by atoms with van der Waals surface area (Å²) in [6, 6.07) is 2.83. The molecule has 0 atom stereocenters. The molecule has 1 N–H and O–H groups in total. The first kappa shape index (κ1) is 7.54. The third-order valence-electron chi connectivity index (χ3n) is 1.27. The van der Waals surface area contributed by atoms with Gasteiger partial charge in [0.15, 0.2) is 0 Å². The Labute approximate surface area is 66.6 Å². The molecule has 3 heteroatoms. The highest BCUT2D eigenvalue weighted by Gasteiger charge is 2.05. The number of hydrogen-bond acceptors (Lipinski definition) is 1. The van der Waals surface area contributed by atoms with Crippen LogP contribution in [-0.2, 0) is 0 Å². The molecule has 0 aromatic heterocycles. The van der Waals surface area contributed by atoms with Crippen LogP contribution in [0.5, 0.6) is 5.75 Å². The quantitative estimate of drug-likeness (QED) is 0.690. The maximum atomic E-state index is 12.6. The summed E-state index contributed by atoms with van der Waals surface area (Å²) < 4.78 is 12.7. The van der Waals surface area contributed by atoms with Gasteiger partial charge in [-0.1, -0.05) is 6.07 Å². The summed E-state index contributed by atoms with van der Waals surface area (Å²) in [5.41, 5.74) is 0.660. The van der Waals surface area contributed by atoms with Crippen LogP contribution in [0.15, 0.2) is 16.6 Å². The summed E-state index contributed by atoms with van der Waals surface area (Å²) >= 11 is 2.90. The Hall–Kier alpha value is -0.570. The number of aromatic hydroxyl groups is 1. The average Bonchev–Trinajstić information content (AvgIpc) is 1.93. The summed E-state index contributed by atoms with van der Waals surface area (Å²) in [5, 5.41) is 9.10. The Morgan fingerprint density at radius 2 is 2.10 bits per heavy atom. The van der Waals surface area contributed by atoms with Crippen LogP contribution >= 0.6 is 15.9 Å². The van der Waals surface area contributed by atoms with Crippen LogP contribution in [0.4, 0.5) is 4.39 Å². The van der Waals surface area contributed by atoms with E-state index < -0.39 is 5.82 Å². The number of hydrogen-bond donors (Lipinski definition) is 1. The molecule has 0 bridgehead atoms. The van der Waals surface area contributed by atoms with Crippen molar-refractivity contribution in [3.8, 4) is 5.75 Å². The van der Waals surface area contributed by atoms with E-state index in [-0.39, 0.29) is 10.2 Å². The molecule has 54 valence electrons. The second-order valence-electron chi connectivity index (χ2n) is 2.03. The van der Waals surface area contributed by atoms with Crippen LogP contribution in [-0.4, -0.2) is 5.11 Å². The molecule has 0 spiro atoms. The molecule has 1 aromatic carbocycles. The smallest absolute Gasteiger partial charge is 0.141 e. The molecule has 0 heterocycles. The summed E-state index contributed by atoms with van der Waals surface area (Å²) in [7, 11) is 0. The fourth-order valence-electron chi connectivity index (χ4n) is 0.636. The Bertz CT molecular complexity index is 233. The summed E-state index contributed by atoms with van der Waals surface area (Å²) in [6.45, 7) is 1.71. The van der Waals surface area contributed by atoms with Crippen molar-refractivity contribution in [3.05, 3.63) is 28.0 Å². The van der Waals surface area contributed by atoms with Gasteiger partial charge in [0.05, 0.1) is 4.47 Å². The van der Waals surface area contributed by atoms with Crippen molar-refractivity contribution in [2.75, 3.05) is 0 Å². The molecule has 0 radical (unpaired) electrons. The average molecular weight is 205 g/mol. The summed E-state index contributed by atoms with van der Waals surface area (Å²) in [5.74, 6) is -0.469. The number of halogens is 2. The van der Waals surface area contributed by atoms with Gasteiger partial charge in [-0.2, -0.15) is 0 Å². The van der Waals surface area contributed by atoms with E-state index in [4.69, 9.17) is 5.11 Å². The van der Waals surface area contributed by atoms with E-state index in [1.165, 1.54) is 12.1 Å². The van der Waals surface area contributed by atoms with Gasteiger partial charge in [0.1, 0.15) is 11.6 Å². The van der Waals surface area contributed by atoms with E-state index in [9.17, 15) is 4.39 Å². The van der Waals surface area contributed by atoms with E-state index in [1.54, 1.807) is 6.92 Å². The van der Waals surface area contributed by atoms with Crippen LogP contribution in [0, 0.1) is 12.7 Å². The molecule has 0 amide bonds. The maximum absolute atomic E-state index is 12.6. The largest absolute Gasteiger partial charge is 0.506 e. The molecule has 0 fully saturated rings. The highest BCUT2D eigenvalue weighted by atomic mass is 79.9. The summed E-state index contributed by atoms with van der Waals surface area (Å²) in [6.07, 6.45) is 0. The van der Waals surface area contributed by atoms with Crippen molar-refractivity contribution < 1.29 is 9.50 Å². The van der Waals surface area contributed by atoms with Crippen molar-refractivity contribution in [1.29, 1.82) is 0 Å². The van der Waals surface area contributed by atoms with E-state index in [0.29, 0.717) is 5.56 Å². The fourth-order valence-corrected chi connectivity index (χ4v) is 1.08. The lowest BCUT2D eigenvalue weighted by Crippen LogP contribution is -1.80. The van der Waals surface area contributed by atoms with Crippen LogP contribution < -0.4 is 0 Å². The van der Waals surface area contributed by atoms with Gasteiger partial charge in [0, 0.05) is 0 Å². The van der Waals surface area contributed by atoms with Crippen LogP contribution in [0.25, 0.3) is 0 Å². The third-order valence-corrected chi connectivity index (χ3v) is 2.03. The van der Waals surface area contributed by atoms with E-state index in [0.717, 1.165) is 0 Å². The van der Waals surface area contributed by atoms with Crippen LogP contribution in [0.1, 0.15) is 5.56 Å². The first-order valence-electron chi connectivity index (χ1n) is 2.76. The van der Waals surface area contributed by atoms with Crippen molar-refractivity contribution in [2.45, 2.75) is 6.92 Å². The Balaban J connectivity index is 3.34. The zero-order valence-corrected chi connectivity index (χ0v) is 6.94. The molecule has 0 unspecified atom stereocenters. The summed E-state index contributed by atoms with van der Waals surface area (Å²) in [4.78, 5) is 0. The molecular weight excluding hydrogens is 199 g/mol. The zero-order valence-electron chi connectivity index (χ0n) is 5.36. The second kappa shape index (κ2) is 2.58. The molecule has 1 nitrogen and oxygen atoms in total. The van der Waals surface area contributed by atoms with E-state index >= 15 is 0 Å². The van der Waals surface area contributed by atoms with Gasteiger partial charge in [-0.25, -0.2) is 4.39 Å². The monoisotopic (exact) mass is 204 g/mol. The topological polar surface area (TPSA) is 20.2 Å². The molecular formula is C7H6BrFO. The molecule has 10 heavy (non-hydrogen) atoms. The predicted octanol–water partition coefficient (Wildman–Crippen LogP) is 2.60. The van der Waals surface area contributed by atoms with Gasteiger partial charge in [-0.05, 0) is 34.5 Å². The first-order valence-corrected chi connectivity index (χ1v) is 3.56. The standard InChI is InChI=1S/C7H6BrFO/c1-4-2-3-5(9)6(8)7(4)10/h2-3,10H,1H3. The fraction of sp³-hybridized carbons (Fsp3) is 0.143. The van der Waals surface area contributed by atoms with Crippen molar-refractivity contribution in [2.24, 2.45) is 0 Å². The molecule has 0 aliphatic rings. The SMILES string of the molecule is Cc1ccc(F)c(Br)c1O. The lowest BCUT2D eigenvalue weighted by atomic mass is 10.2. The first-order chi connectivity index (χ1) is 4.63. The minimum absolute atomic E-state index is 0.0278. The van der Waals surface area contributed by atoms with Gasteiger partial charge in [0.2, 0.25) is 0 Å². The highest BCUT2D eigenvalue weighted by Crippen LogP contribution is 2.29. The Kier molecular flexibility index (Phi) is 1.94. The van der Waals surface area contributed by atoms with E-state index in [1.807, 2.05) is 0 Å². The van der Waals surface area contributed by atoms with Gasteiger partial charge in [-0.3, -0.25) is 0 Å². The van der Waals surface area contributed by atoms with E-state index in [2.05, 4.69) is 15.9 Å².